The molecule has 0 aromatic heterocycles. The van der Waals surface area contributed by atoms with Gasteiger partial charge < -0.3 is 10.0 Å². The molecule has 16 heavy (non-hydrogen) atoms. The summed E-state index contributed by atoms with van der Waals surface area (Å²) in [7, 11) is 1.44. The van der Waals surface area contributed by atoms with E-state index in [0.717, 1.165) is 12.1 Å². The molecule has 0 fully saturated rings. The molecule has 0 heterocycles. The molecule has 0 bridgehead atoms. The standard InChI is InChI=1S/C11H13F2NO2/c1-7-9(12)4-3-8(10(7)13)11(16)14(2)5-6-15/h3-4,15H,5-6H2,1-2H3. The summed E-state index contributed by atoms with van der Waals surface area (Å²) < 4.78 is 26.5. The van der Waals surface area contributed by atoms with Crippen molar-refractivity contribution in [3.05, 3.63) is 34.9 Å². The Hall–Kier alpha value is -1.49. The highest BCUT2D eigenvalue weighted by molar-refractivity contribution is 5.94. The van der Waals surface area contributed by atoms with Crippen LogP contribution in [-0.2, 0) is 0 Å². The Bertz CT molecular complexity index is 407. The predicted octanol–water partition coefficient (Wildman–Crippen LogP) is 1.34. The number of aliphatic hydroxyl groups is 1. The first-order valence-electron chi connectivity index (χ1n) is 4.80. The Balaban J connectivity index is 3.05. The number of benzene rings is 1. The normalized spacial score (nSPS) is 10.3. The lowest BCUT2D eigenvalue weighted by molar-refractivity contribution is 0.0762. The lowest BCUT2D eigenvalue weighted by atomic mass is 10.1. The topological polar surface area (TPSA) is 40.5 Å². The fourth-order valence-corrected chi connectivity index (χ4v) is 1.28. The van der Waals surface area contributed by atoms with Crippen LogP contribution in [0.1, 0.15) is 15.9 Å². The molecule has 0 unspecified atom stereocenters. The fourth-order valence-electron chi connectivity index (χ4n) is 1.28. The average molecular weight is 229 g/mol. The Morgan fingerprint density at radius 3 is 2.62 bits per heavy atom. The van der Waals surface area contributed by atoms with Crippen LogP contribution < -0.4 is 0 Å². The van der Waals surface area contributed by atoms with E-state index in [2.05, 4.69) is 0 Å². The maximum Gasteiger partial charge on any atom is 0.256 e. The number of hydrogen-bond donors (Lipinski definition) is 1. The van der Waals surface area contributed by atoms with Crippen LogP contribution in [0.3, 0.4) is 0 Å². The molecule has 0 aliphatic rings. The largest absolute Gasteiger partial charge is 0.395 e. The lowest BCUT2D eigenvalue weighted by Gasteiger charge is -2.16. The Morgan fingerprint density at radius 2 is 2.06 bits per heavy atom. The second-order valence-corrected chi connectivity index (χ2v) is 3.48. The molecule has 5 heteroatoms. The summed E-state index contributed by atoms with van der Waals surface area (Å²) in [4.78, 5) is 12.8. The third-order valence-electron chi connectivity index (χ3n) is 2.33. The van der Waals surface area contributed by atoms with Crippen molar-refractivity contribution in [2.75, 3.05) is 20.2 Å². The van der Waals surface area contributed by atoms with Gasteiger partial charge in [-0.05, 0) is 19.1 Å². The van der Waals surface area contributed by atoms with Crippen LogP contribution in [0.4, 0.5) is 8.78 Å². The number of rotatable bonds is 3. The van der Waals surface area contributed by atoms with Gasteiger partial charge in [0.15, 0.2) is 0 Å². The number of carbonyl (C=O) groups excluding carboxylic acids is 1. The molecule has 0 spiro atoms. The summed E-state index contributed by atoms with van der Waals surface area (Å²) in [5, 5.41) is 8.65. The number of amides is 1. The van der Waals surface area contributed by atoms with E-state index in [1.807, 2.05) is 0 Å². The predicted molar refractivity (Wildman–Crippen MR) is 55.1 cm³/mol. The second-order valence-electron chi connectivity index (χ2n) is 3.48. The van der Waals surface area contributed by atoms with Gasteiger partial charge in [0.1, 0.15) is 11.6 Å². The van der Waals surface area contributed by atoms with Crippen LogP contribution in [0.5, 0.6) is 0 Å². The first-order valence-corrected chi connectivity index (χ1v) is 4.80. The monoisotopic (exact) mass is 229 g/mol. The molecule has 0 aliphatic heterocycles. The van der Waals surface area contributed by atoms with E-state index in [0.29, 0.717) is 0 Å². The number of carbonyl (C=O) groups is 1. The minimum Gasteiger partial charge on any atom is -0.395 e. The number of nitrogens with zero attached hydrogens (tertiary/aromatic N) is 1. The maximum atomic E-state index is 13.6. The summed E-state index contributed by atoms with van der Waals surface area (Å²) in [5.41, 5.74) is -0.363. The second kappa shape index (κ2) is 5.03. The van der Waals surface area contributed by atoms with E-state index in [-0.39, 0.29) is 24.3 Å². The third-order valence-corrected chi connectivity index (χ3v) is 2.33. The quantitative estimate of drug-likeness (QED) is 0.849. The minimum atomic E-state index is -0.852. The number of likely N-dealkylation sites (N-methyl/N-ethyl adjacent to an activating group) is 1. The highest BCUT2D eigenvalue weighted by Crippen LogP contribution is 2.16. The SMILES string of the molecule is Cc1c(F)ccc(C(=O)N(C)CCO)c1F. The lowest BCUT2D eigenvalue weighted by Crippen LogP contribution is -2.30. The van der Waals surface area contributed by atoms with Gasteiger partial charge in [0.05, 0.1) is 12.2 Å². The van der Waals surface area contributed by atoms with E-state index in [4.69, 9.17) is 5.11 Å². The van der Waals surface area contributed by atoms with Crippen molar-refractivity contribution in [2.24, 2.45) is 0 Å². The van der Waals surface area contributed by atoms with E-state index in [1.54, 1.807) is 0 Å². The Labute approximate surface area is 92.3 Å². The first kappa shape index (κ1) is 12.6. The molecule has 1 aromatic rings. The molecule has 1 N–H and O–H groups in total. The number of aliphatic hydroxyl groups excluding tert-OH is 1. The molecular formula is C11H13F2NO2. The van der Waals surface area contributed by atoms with Crippen LogP contribution in [0.25, 0.3) is 0 Å². The van der Waals surface area contributed by atoms with Gasteiger partial charge in [0, 0.05) is 19.2 Å². The van der Waals surface area contributed by atoms with Gasteiger partial charge in [0.2, 0.25) is 0 Å². The van der Waals surface area contributed by atoms with E-state index in [1.165, 1.54) is 18.9 Å². The van der Waals surface area contributed by atoms with E-state index >= 15 is 0 Å². The zero-order valence-electron chi connectivity index (χ0n) is 9.13. The molecule has 1 aromatic carbocycles. The van der Waals surface area contributed by atoms with Gasteiger partial charge in [-0.2, -0.15) is 0 Å². The number of hydrogen-bond acceptors (Lipinski definition) is 2. The van der Waals surface area contributed by atoms with Crippen LogP contribution in [0, 0.1) is 18.6 Å². The summed E-state index contributed by atoms with van der Waals surface area (Å²) >= 11 is 0. The van der Waals surface area contributed by atoms with Crippen molar-refractivity contribution >= 4 is 5.91 Å². The van der Waals surface area contributed by atoms with Crippen molar-refractivity contribution in [3.8, 4) is 0 Å². The number of halogens is 2. The fraction of sp³-hybridized carbons (Fsp3) is 0.364. The highest BCUT2D eigenvalue weighted by atomic mass is 19.1. The van der Waals surface area contributed by atoms with Gasteiger partial charge in [0.25, 0.3) is 5.91 Å². The van der Waals surface area contributed by atoms with Crippen LogP contribution >= 0.6 is 0 Å². The summed E-state index contributed by atoms with van der Waals surface area (Å²) in [6.07, 6.45) is 0. The molecule has 1 amide bonds. The van der Waals surface area contributed by atoms with Crippen LogP contribution in [0.2, 0.25) is 0 Å². The van der Waals surface area contributed by atoms with Crippen molar-refractivity contribution in [1.29, 1.82) is 0 Å². The Kier molecular flexibility index (Phi) is 3.95. The molecule has 3 nitrogen and oxygen atoms in total. The summed E-state index contributed by atoms with van der Waals surface area (Å²) in [6.45, 7) is 1.17. The molecule has 0 radical (unpaired) electrons. The van der Waals surface area contributed by atoms with Crippen molar-refractivity contribution in [2.45, 2.75) is 6.92 Å². The smallest absolute Gasteiger partial charge is 0.256 e. The Morgan fingerprint density at radius 1 is 1.44 bits per heavy atom. The highest BCUT2D eigenvalue weighted by Gasteiger charge is 2.18. The average Bonchev–Trinajstić information content (AvgIpc) is 2.26. The summed E-state index contributed by atoms with van der Waals surface area (Å²) in [5.74, 6) is -2.11. The molecule has 0 saturated heterocycles. The molecule has 88 valence electrons. The molecule has 0 aliphatic carbocycles. The molecule has 0 atom stereocenters. The third kappa shape index (κ3) is 2.36. The van der Waals surface area contributed by atoms with Crippen LogP contribution in [0.15, 0.2) is 12.1 Å². The zero-order chi connectivity index (χ0) is 12.3. The molecular weight excluding hydrogens is 216 g/mol. The summed E-state index contributed by atoms with van der Waals surface area (Å²) in [6, 6.07) is 2.16. The van der Waals surface area contributed by atoms with Gasteiger partial charge in [-0.15, -0.1) is 0 Å². The molecule has 0 saturated carbocycles. The first-order chi connectivity index (χ1) is 7.49. The van der Waals surface area contributed by atoms with Crippen molar-refractivity contribution in [3.63, 3.8) is 0 Å². The van der Waals surface area contributed by atoms with Crippen molar-refractivity contribution < 1.29 is 18.7 Å². The van der Waals surface area contributed by atoms with E-state index in [9.17, 15) is 13.6 Å². The van der Waals surface area contributed by atoms with E-state index < -0.39 is 17.5 Å². The van der Waals surface area contributed by atoms with Crippen LogP contribution in [-0.4, -0.2) is 36.1 Å². The van der Waals surface area contributed by atoms with Gasteiger partial charge in [-0.25, -0.2) is 8.78 Å². The maximum absolute atomic E-state index is 13.6. The van der Waals surface area contributed by atoms with Gasteiger partial charge in [-0.3, -0.25) is 4.79 Å². The zero-order valence-corrected chi connectivity index (χ0v) is 9.13. The van der Waals surface area contributed by atoms with Gasteiger partial charge in [-0.1, -0.05) is 0 Å². The minimum absolute atomic E-state index is 0.106. The van der Waals surface area contributed by atoms with Gasteiger partial charge >= 0.3 is 0 Å². The van der Waals surface area contributed by atoms with Crippen molar-refractivity contribution in [1.82, 2.24) is 4.90 Å². The molecule has 1 rings (SSSR count).